The van der Waals surface area contributed by atoms with E-state index in [1.807, 2.05) is 0 Å². The molecule has 0 amide bonds. The molecule has 1 aromatic heterocycles. The summed E-state index contributed by atoms with van der Waals surface area (Å²) >= 11 is 11.8. The molecule has 0 aliphatic heterocycles. The van der Waals surface area contributed by atoms with Crippen molar-refractivity contribution in [1.82, 2.24) is 9.97 Å². The summed E-state index contributed by atoms with van der Waals surface area (Å²) in [5.41, 5.74) is 0.374. The fourth-order valence-electron chi connectivity index (χ4n) is 1.26. The molecule has 0 radical (unpaired) electrons. The highest BCUT2D eigenvalue weighted by Gasteiger charge is 2.07. The third-order valence-corrected chi connectivity index (χ3v) is 2.61. The Bertz CT molecular complexity index is 605. The minimum absolute atomic E-state index is 0.154. The summed E-state index contributed by atoms with van der Waals surface area (Å²) in [5.74, 6) is -0.873. The van der Waals surface area contributed by atoms with Crippen LogP contribution >= 0.6 is 23.2 Å². The number of nitrogens with zero attached hydrogens (tertiary/aromatic N) is 2. The largest absolute Gasteiger partial charge is 0.476 e. The van der Waals surface area contributed by atoms with Crippen LogP contribution in [0.4, 0.5) is 11.5 Å². The van der Waals surface area contributed by atoms with Gasteiger partial charge in [0.2, 0.25) is 0 Å². The Hall–Kier alpha value is -1.85. The van der Waals surface area contributed by atoms with E-state index >= 15 is 0 Å². The molecule has 2 aromatic rings. The summed E-state index contributed by atoms with van der Waals surface area (Å²) in [4.78, 5) is 18.4. The van der Waals surface area contributed by atoms with Crippen LogP contribution in [0.25, 0.3) is 0 Å². The van der Waals surface area contributed by atoms with Crippen LogP contribution in [0.5, 0.6) is 0 Å². The molecular weight excluding hydrogens is 277 g/mol. The lowest BCUT2D eigenvalue weighted by Crippen LogP contribution is -2.04. The number of carboxylic acid groups (broad SMARTS) is 1. The SMILES string of the molecule is O=C(O)c1cncc(Nc2cc(Cl)ccc2Cl)n1. The van der Waals surface area contributed by atoms with Crippen LogP contribution in [-0.4, -0.2) is 21.0 Å². The Labute approximate surface area is 112 Å². The van der Waals surface area contributed by atoms with Gasteiger partial charge in [0.25, 0.3) is 0 Å². The zero-order chi connectivity index (χ0) is 13.1. The van der Waals surface area contributed by atoms with Gasteiger partial charge in [-0.15, -0.1) is 0 Å². The summed E-state index contributed by atoms with van der Waals surface area (Å²) < 4.78 is 0. The molecule has 0 aliphatic carbocycles. The maximum atomic E-state index is 10.7. The van der Waals surface area contributed by atoms with E-state index in [0.29, 0.717) is 15.7 Å². The molecule has 2 rings (SSSR count). The number of halogens is 2. The van der Waals surface area contributed by atoms with E-state index in [0.717, 1.165) is 6.20 Å². The lowest BCUT2D eigenvalue weighted by Gasteiger charge is -2.07. The van der Waals surface area contributed by atoms with Gasteiger partial charge >= 0.3 is 5.97 Å². The van der Waals surface area contributed by atoms with E-state index < -0.39 is 5.97 Å². The van der Waals surface area contributed by atoms with Crippen LogP contribution in [-0.2, 0) is 0 Å². The fraction of sp³-hybridized carbons (Fsp3) is 0. The lowest BCUT2D eigenvalue weighted by atomic mass is 10.3. The van der Waals surface area contributed by atoms with Gasteiger partial charge in [-0.3, -0.25) is 4.98 Å². The molecule has 0 saturated carbocycles. The minimum atomic E-state index is -1.15. The number of nitrogens with one attached hydrogen (secondary N) is 1. The van der Waals surface area contributed by atoms with Crippen LogP contribution in [0.2, 0.25) is 10.0 Å². The second-order valence-corrected chi connectivity index (χ2v) is 4.19. The van der Waals surface area contributed by atoms with Gasteiger partial charge in [-0.1, -0.05) is 23.2 Å². The molecule has 0 unspecified atom stereocenters. The van der Waals surface area contributed by atoms with Gasteiger partial charge in [-0.2, -0.15) is 0 Å². The van der Waals surface area contributed by atoms with E-state index in [9.17, 15) is 4.79 Å². The van der Waals surface area contributed by atoms with Crippen molar-refractivity contribution in [3.63, 3.8) is 0 Å². The molecule has 0 saturated heterocycles. The second-order valence-electron chi connectivity index (χ2n) is 3.34. The first-order valence-electron chi connectivity index (χ1n) is 4.83. The van der Waals surface area contributed by atoms with Crippen molar-refractivity contribution >= 4 is 40.7 Å². The van der Waals surface area contributed by atoms with Gasteiger partial charge in [0.05, 0.1) is 23.1 Å². The molecule has 0 bridgehead atoms. The van der Waals surface area contributed by atoms with E-state index in [-0.39, 0.29) is 11.5 Å². The first-order valence-corrected chi connectivity index (χ1v) is 5.59. The second kappa shape index (κ2) is 5.20. The predicted octanol–water partition coefficient (Wildman–Crippen LogP) is 3.23. The predicted molar refractivity (Wildman–Crippen MR) is 68.7 cm³/mol. The van der Waals surface area contributed by atoms with Crippen LogP contribution < -0.4 is 5.32 Å². The Morgan fingerprint density at radius 3 is 2.78 bits per heavy atom. The van der Waals surface area contributed by atoms with Crippen LogP contribution in [0.1, 0.15) is 10.5 Å². The molecular formula is C11H7Cl2N3O2. The Morgan fingerprint density at radius 2 is 2.06 bits per heavy atom. The number of carbonyl (C=O) groups is 1. The lowest BCUT2D eigenvalue weighted by molar-refractivity contribution is 0.0690. The monoisotopic (exact) mass is 283 g/mol. The fourth-order valence-corrected chi connectivity index (χ4v) is 1.60. The highest BCUT2D eigenvalue weighted by Crippen LogP contribution is 2.27. The summed E-state index contributed by atoms with van der Waals surface area (Å²) in [5, 5.41) is 12.6. The molecule has 18 heavy (non-hydrogen) atoms. The van der Waals surface area contributed by atoms with Crippen molar-refractivity contribution < 1.29 is 9.90 Å². The molecule has 2 N–H and O–H groups in total. The third-order valence-electron chi connectivity index (χ3n) is 2.04. The Balaban J connectivity index is 2.31. The Morgan fingerprint density at radius 1 is 1.28 bits per heavy atom. The van der Waals surface area contributed by atoms with Crippen molar-refractivity contribution in [2.75, 3.05) is 5.32 Å². The molecule has 5 nitrogen and oxygen atoms in total. The number of carboxylic acids is 1. The van der Waals surface area contributed by atoms with Gasteiger partial charge in [0.1, 0.15) is 5.82 Å². The maximum Gasteiger partial charge on any atom is 0.356 e. The standard InChI is InChI=1S/C11H7Cl2N3O2/c12-6-1-2-7(13)8(3-6)15-10-5-14-4-9(16-10)11(17)18/h1-5H,(H,15,16)(H,17,18). The first kappa shape index (κ1) is 12.6. The van der Waals surface area contributed by atoms with Gasteiger partial charge in [0.15, 0.2) is 5.69 Å². The van der Waals surface area contributed by atoms with Crippen molar-refractivity contribution in [1.29, 1.82) is 0 Å². The van der Waals surface area contributed by atoms with Gasteiger partial charge in [0, 0.05) is 5.02 Å². The average Bonchev–Trinajstić information content (AvgIpc) is 2.34. The summed E-state index contributed by atoms with van der Waals surface area (Å²) in [7, 11) is 0. The first-order chi connectivity index (χ1) is 8.56. The molecule has 0 spiro atoms. The number of rotatable bonds is 3. The van der Waals surface area contributed by atoms with Gasteiger partial charge < -0.3 is 10.4 Å². The summed E-state index contributed by atoms with van der Waals surface area (Å²) in [6, 6.07) is 4.88. The highest BCUT2D eigenvalue weighted by atomic mass is 35.5. The topological polar surface area (TPSA) is 75.1 Å². The van der Waals surface area contributed by atoms with Crippen LogP contribution in [0.3, 0.4) is 0 Å². The van der Waals surface area contributed by atoms with E-state index in [4.69, 9.17) is 28.3 Å². The molecule has 7 heteroatoms. The van der Waals surface area contributed by atoms with E-state index in [2.05, 4.69) is 15.3 Å². The van der Waals surface area contributed by atoms with Crippen molar-refractivity contribution in [2.24, 2.45) is 0 Å². The molecule has 0 atom stereocenters. The quantitative estimate of drug-likeness (QED) is 0.905. The molecule has 1 aromatic carbocycles. The van der Waals surface area contributed by atoms with Crippen molar-refractivity contribution in [3.05, 3.63) is 46.3 Å². The molecule has 92 valence electrons. The zero-order valence-corrected chi connectivity index (χ0v) is 10.4. The number of aromatic nitrogens is 2. The molecule has 0 aliphatic rings. The number of hydrogen-bond acceptors (Lipinski definition) is 4. The van der Waals surface area contributed by atoms with Crippen molar-refractivity contribution in [3.8, 4) is 0 Å². The van der Waals surface area contributed by atoms with Crippen LogP contribution in [0.15, 0.2) is 30.6 Å². The summed E-state index contributed by atoms with van der Waals surface area (Å²) in [6.45, 7) is 0. The van der Waals surface area contributed by atoms with Crippen LogP contribution in [0, 0.1) is 0 Å². The molecule has 1 heterocycles. The van der Waals surface area contributed by atoms with E-state index in [1.54, 1.807) is 18.2 Å². The molecule has 0 fully saturated rings. The number of anilines is 2. The smallest absolute Gasteiger partial charge is 0.356 e. The normalized spacial score (nSPS) is 10.1. The zero-order valence-electron chi connectivity index (χ0n) is 8.89. The number of aromatic carboxylic acids is 1. The van der Waals surface area contributed by atoms with Gasteiger partial charge in [-0.05, 0) is 18.2 Å². The number of hydrogen-bond donors (Lipinski definition) is 2. The number of benzene rings is 1. The average molecular weight is 284 g/mol. The minimum Gasteiger partial charge on any atom is -0.476 e. The highest BCUT2D eigenvalue weighted by molar-refractivity contribution is 6.35. The van der Waals surface area contributed by atoms with Crippen molar-refractivity contribution in [2.45, 2.75) is 0 Å². The third kappa shape index (κ3) is 2.88. The summed E-state index contributed by atoms with van der Waals surface area (Å²) in [6.07, 6.45) is 2.55. The van der Waals surface area contributed by atoms with Gasteiger partial charge in [-0.25, -0.2) is 9.78 Å². The van der Waals surface area contributed by atoms with E-state index in [1.165, 1.54) is 6.20 Å². The Kier molecular flexibility index (Phi) is 3.64. The maximum absolute atomic E-state index is 10.7.